The van der Waals surface area contributed by atoms with E-state index in [1.165, 1.54) is 37.8 Å². The average Bonchev–Trinajstić information content (AvgIpc) is 3.38. The number of rotatable bonds is 8. The molecule has 0 unspecified atom stereocenters. The SMILES string of the molecule is COc1cc(/C=N/NC(=O)c2ccco2)ccc1OCc1ccc(C(=O)O)o1. The molecular formula is C19H16N2O7. The maximum atomic E-state index is 11.7. The van der Waals surface area contributed by atoms with Crippen molar-refractivity contribution in [3.63, 3.8) is 0 Å². The third-order valence-electron chi connectivity index (χ3n) is 3.55. The second kappa shape index (κ2) is 8.58. The normalized spacial score (nSPS) is 10.8. The summed E-state index contributed by atoms with van der Waals surface area (Å²) in [5.41, 5.74) is 3.01. The Kier molecular flexibility index (Phi) is 5.75. The fraction of sp³-hybridized carbons (Fsp3) is 0.105. The number of amides is 1. The summed E-state index contributed by atoms with van der Waals surface area (Å²) in [4.78, 5) is 22.6. The molecule has 0 aliphatic carbocycles. The van der Waals surface area contributed by atoms with Gasteiger partial charge in [0.25, 0.3) is 0 Å². The van der Waals surface area contributed by atoms with Crippen LogP contribution < -0.4 is 14.9 Å². The van der Waals surface area contributed by atoms with Gasteiger partial charge in [0.15, 0.2) is 17.3 Å². The van der Waals surface area contributed by atoms with Crippen LogP contribution in [0.4, 0.5) is 0 Å². The van der Waals surface area contributed by atoms with Gasteiger partial charge < -0.3 is 23.4 Å². The van der Waals surface area contributed by atoms with Crippen molar-refractivity contribution >= 4 is 18.1 Å². The van der Waals surface area contributed by atoms with E-state index in [1.807, 2.05) is 0 Å². The van der Waals surface area contributed by atoms with Gasteiger partial charge in [-0.05, 0) is 48.0 Å². The molecule has 0 spiro atoms. The van der Waals surface area contributed by atoms with Gasteiger partial charge in [-0.2, -0.15) is 5.10 Å². The molecule has 144 valence electrons. The van der Waals surface area contributed by atoms with Crippen molar-refractivity contribution in [1.82, 2.24) is 5.43 Å². The lowest BCUT2D eigenvalue weighted by Crippen LogP contribution is -2.16. The largest absolute Gasteiger partial charge is 0.493 e. The van der Waals surface area contributed by atoms with E-state index in [4.69, 9.17) is 23.4 Å². The Morgan fingerprint density at radius 3 is 2.71 bits per heavy atom. The number of carbonyl (C=O) groups excluding carboxylic acids is 1. The van der Waals surface area contributed by atoms with Gasteiger partial charge in [-0.25, -0.2) is 10.2 Å². The van der Waals surface area contributed by atoms with Crippen LogP contribution in [-0.4, -0.2) is 30.3 Å². The minimum Gasteiger partial charge on any atom is -0.493 e. The van der Waals surface area contributed by atoms with Crippen molar-refractivity contribution in [2.24, 2.45) is 5.10 Å². The van der Waals surface area contributed by atoms with Gasteiger partial charge in [0.05, 0.1) is 19.6 Å². The first-order valence-corrected chi connectivity index (χ1v) is 8.06. The molecule has 2 N–H and O–H groups in total. The Hall–Kier alpha value is -4.01. The molecule has 0 aliphatic heterocycles. The van der Waals surface area contributed by atoms with Gasteiger partial charge in [0.1, 0.15) is 12.4 Å². The molecule has 9 nitrogen and oxygen atoms in total. The van der Waals surface area contributed by atoms with Crippen molar-refractivity contribution < 1.29 is 33.0 Å². The summed E-state index contributed by atoms with van der Waals surface area (Å²) in [5, 5.41) is 12.7. The molecule has 0 fully saturated rings. The van der Waals surface area contributed by atoms with Crippen LogP contribution in [0.15, 0.2) is 62.7 Å². The molecule has 0 atom stereocenters. The van der Waals surface area contributed by atoms with E-state index >= 15 is 0 Å². The fourth-order valence-electron chi connectivity index (χ4n) is 2.23. The molecule has 1 aromatic carbocycles. The third kappa shape index (κ3) is 4.58. The zero-order valence-corrected chi connectivity index (χ0v) is 14.7. The molecule has 0 bridgehead atoms. The number of hydrogen-bond acceptors (Lipinski definition) is 7. The summed E-state index contributed by atoms with van der Waals surface area (Å²) >= 11 is 0. The first-order valence-electron chi connectivity index (χ1n) is 8.06. The number of furan rings is 2. The molecule has 28 heavy (non-hydrogen) atoms. The van der Waals surface area contributed by atoms with Crippen LogP contribution in [0.25, 0.3) is 0 Å². The van der Waals surface area contributed by atoms with E-state index in [-0.39, 0.29) is 18.1 Å². The second-order valence-electron chi connectivity index (χ2n) is 5.45. The maximum Gasteiger partial charge on any atom is 0.371 e. The van der Waals surface area contributed by atoms with Gasteiger partial charge in [-0.3, -0.25) is 4.79 Å². The van der Waals surface area contributed by atoms with E-state index in [0.717, 1.165) is 0 Å². The molecule has 2 aromatic heterocycles. The zero-order valence-electron chi connectivity index (χ0n) is 14.7. The summed E-state index contributed by atoms with van der Waals surface area (Å²) in [6.07, 6.45) is 2.84. The highest BCUT2D eigenvalue weighted by molar-refractivity contribution is 5.92. The van der Waals surface area contributed by atoms with Crippen LogP contribution in [0, 0.1) is 0 Å². The van der Waals surface area contributed by atoms with E-state index in [2.05, 4.69) is 10.5 Å². The van der Waals surface area contributed by atoms with Crippen LogP contribution in [0.3, 0.4) is 0 Å². The van der Waals surface area contributed by atoms with Crippen LogP contribution >= 0.6 is 0 Å². The first kappa shape index (κ1) is 18.8. The Morgan fingerprint density at radius 2 is 2.04 bits per heavy atom. The number of benzene rings is 1. The number of hydrogen-bond donors (Lipinski definition) is 2. The number of carboxylic acids is 1. The zero-order chi connectivity index (χ0) is 19.9. The maximum absolute atomic E-state index is 11.7. The summed E-state index contributed by atoms with van der Waals surface area (Å²) in [5.74, 6) is -0.375. The predicted molar refractivity (Wildman–Crippen MR) is 96.8 cm³/mol. The number of carboxylic acid groups (broad SMARTS) is 1. The van der Waals surface area contributed by atoms with Crippen LogP contribution in [0.1, 0.15) is 32.4 Å². The number of nitrogens with one attached hydrogen (secondary N) is 1. The monoisotopic (exact) mass is 384 g/mol. The number of nitrogens with zero attached hydrogens (tertiary/aromatic N) is 1. The molecule has 3 rings (SSSR count). The second-order valence-corrected chi connectivity index (χ2v) is 5.45. The number of methoxy groups -OCH3 is 1. The molecule has 3 aromatic rings. The van der Waals surface area contributed by atoms with E-state index < -0.39 is 11.9 Å². The topological polar surface area (TPSA) is 124 Å². The van der Waals surface area contributed by atoms with E-state index in [0.29, 0.717) is 22.8 Å². The van der Waals surface area contributed by atoms with Crippen molar-refractivity contribution in [2.45, 2.75) is 6.61 Å². The van der Waals surface area contributed by atoms with Gasteiger partial charge in [-0.1, -0.05) is 0 Å². The van der Waals surface area contributed by atoms with Crippen LogP contribution in [0.5, 0.6) is 11.5 Å². The highest BCUT2D eigenvalue weighted by Crippen LogP contribution is 2.28. The number of ether oxygens (including phenoxy) is 2. The summed E-state index contributed by atoms with van der Waals surface area (Å²) in [6, 6.07) is 11.1. The quantitative estimate of drug-likeness (QED) is 0.452. The molecule has 0 saturated carbocycles. The highest BCUT2D eigenvalue weighted by Gasteiger charge is 2.11. The van der Waals surface area contributed by atoms with Gasteiger partial charge in [0.2, 0.25) is 5.76 Å². The highest BCUT2D eigenvalue weighted by atomic mass is 16.5. The summed E-state index contributed by atoms with van der Waals surface area (Å²) in [7, 11) is 1.48. The average molecular weight is 384 g/mol. The van der Waals surface area contributed by atoms with Crippen molar-refractivity contribution in [3.05, 3.63) is 71.6 Å². The molecule has 0 aliphatic rings. The van der Waals surface area contributed by atoms with Gasteiger partial charge >= 0.3 is 11.9 Å². The Bertz CT molecular complexity index is 990. The Balaban J connectivity index is 1.61. The molecule has 9 heteroatoms. The predicted octanol–water partition coefficient (Wildman–Crippen LogP) is 2.92. The van der Waals surface area contributed by atoms with Crippen molar-refractivity contribution in [1.29, 1.82) is 0 Å². The number of carbonyl (C=O) groups is 2. The van der Waals surface area contributed by atoms with Gasteiger partial charge in [-0.15, -0.1) is 0 Å². The Labute approximate surface area is 159 Å². The molecule has 1 amide bonds. The third-order valence-corrected chi connectivity index (χ3v) is 3.55. The van der Waals surface area contributed by atoms with Crippen LogP contribution in [-0.2, 0) is 6.61 Å². The van der Waals surface area contributed by atoms with E-state index in [9.17, 15) is 9.59 Å². The number of hydrazone groups is 1. The minimum atomic E-state index is -1.15. The lowest BCUT2D eigenvalue weighted by molar-refractivity contribution is 0.0657. The summed E-state index contributed by atoms with van der Waals surface area (Å²) < 4.78 is 21.0. The smallest absolute Gasteiger partial charge is 0.371 e. The fourth-order valence-corrected chi connectivity index (χ4v) is 2.23. The number of aromatic carboxylic acids is 1. The van der Waals surface area contributed by atoms with Crippen LogP contribution in [0.2, 0.25) is 0 Å². The minimum absolute atomic E-state index is 0.0380. The lowest BCUT2D eigenvalue weighted by atomic mass is 10.2. The van der Waals surface area contributed by atoms with Crippen molar-refractivity contribution in [2.75, 3.05) is 7.11 Å². The molecule has 0 saturated heterocycles. The first-order chi connectivity index (χ1) is 13.6. The summed E-state index contributed by atoms with van der Waals surface area (Å²) in [6.45, 7) is 0.0380. The molecular weight excluding hydrogens is 368 g/mol. The standard InChI is InChI=1S/C19H16N2O7/c1-25-17-9-12(10-20-21-18(22)15-3-2-8-26-15)4-6-14(17)27-11-13-5-7-16(28-13)19(23)24/h2-10H,11H2,1H3,(H,21,22)(H,23,24)/b20-10+. The lowest BCUT2D eigenvalue weighted by Gasteiger charge is -2.10. The van der Waals surface area contributed by atoms with Crippen molar-refractivity contribution in [3.8, 4) is 11.5 Å². The molecule has 0 radical (unpaired) electrons. The molecule has 2 heterocycles. The van der Waals surface area contributed by atoms with E-state index in [1.54, 1.807) is 24.3 Å². The Morgan fingerprint density at radius 1 is 1.18 bits per heavy atom. The van der Waals surface area contributed by atoms with Gasteiger partial charge in [0, 0.05) is 0 Å².